The summed E-state index contributed by atoms with van der Waals surface area (Å²) in [6.45, 7) is 5.58. The molecule has 12 heavy (non-hydrogen) atoms. The van der Waals surface area contributed by atoms with Gasteiger partial charge in [0.05, 0.1) is 19.3 Å². The Kier molecular flexibility index (Phi) is 3.46. The maximum Gasteiger partial charge on any atom is 0.0902 e. The molecule has 0 aromatic carbocycles. The van der Waals surface area contributed by atoms with E-state index < -0.39 is 0 Å². The summed E-state index contributed by atoms with van der Waals surface area (Å²) in [6, 6.07) is 0. The first-order valence-corrected chi connectivity index (χ1v) is 4.26. The number of likely N-dealkylation sites (N-methyl/N-ethyl adjacent to an activating group) is 1. The van der Waals surface area contributed by atoms with Crippen LogP contribution in [0.1, 0.15) is 6.92 Å². The van der Waals surface area contributed by atoms with Crippen LogP contribution in [0.15, 0.2) is 0 Å². The van der Waals surface area contributed by atoms with E-state index in [1.807, 2.05) is 7.05 Å². The van der Waals surface area contributed by atoms with Crippen LogP contribution in [-0.4, -0.2) is 51.1 Å². The topological polar surface area (TPSA) is 33.7 Å². The maximum atomic E-state index is 5.65. The van der Waals surface area contributed by atoms with Crippen molar-refractivity contribution in [3.05, 3.63) is 0 Å². The molecule has 0 saturated carbocycles. The summed E-state index contributed by atoms with van der Waals surface area (Å²) in [6.07, 6.45) is 0. The summed E-state index contributed by atoms with van der Waals surface area (Å²) < 4.78 is 5.65. The average molecular weight is 174 g/mol. The molecule has 4 nitrogen and oxygen atoms in total. The quantitative estimate of drug-likeness (QED) is 0.588. The third-order valence-corrected chi connectivity index (χ3v) is 2.17. The number of hydrogen-bond donors (Lipinski definition) is 1. The Labute approximate surface area is 73.8 Å². The molecule has 0 unspecified atom stereocenters. The van der Waals surface area contributed by atoms with Gasteiger partial charge in [0.2, 0.25) is 0 Å². The number of nitrogens with one attached hydrogen (secondary N) is 1. The zero-order valence-electron chi connectivity index (χ0n) is 8.09. The highest BCUT2D eigenvalue weighted by Crippen LogP contribution is 2.14. The van der Waals surface area contributed by atoms with Crippen molar-refractivity contribution in [3.63, 3.8) is 0 Å². The van der Waals surface area contributed by atoms with Crippen LogP contribution in [0.5, 0.6) is 0 Å². The Bertz CT molecular complexity index is 137. The van der Waals surface area contributed by atoms with Gasteiger partial charge in [-0.3, -0.25) is 0 Å². The van der Waals surface area contributed by atoms with Gasteiger partial charge in [0.15, 0.2) is 0 Å². The van der Waals surface area contributed by atoms with Gasteiger partial charge in [0, 0.05) is 26.7 Å². The highest BCUT2D eigenvalue weighted by atomic mass is 16.7. The Morgan fingerprint density at radius 1 is 1.50 bits per heavy atom. The fourth-order valence-corrected chi connectivity index (χ4v) is 1.09. The van der Waals surface area contributed by atoms with Gasteiger partial charge in [-0.15, -0.1) is 0 Å². The predicted molar refractivity (Wildman–Crippen MR) is 46.9 cm³/mol. The van der Waals surface area contributed by atoms with E-state index in [4.69, 9.17) is 9.57 Å². The van der Waals surface area contributed by atoms with E-state index in [0.717, 1.165) is 26.2 Å². The van der Waals surface area contributed by atoms with Gasteiger partial charge in [0.25, 0.3) is 0 Å². The lowest BCUT2D eigenvalue weighted by Gasteiger charge is -2.39. The molecule has 4 heteroatoms. The van der Waals surface area contributed by atoms with Gasteiger partial charge >= 0.3 is 0 Å². The standard InChI is InChI=1S/C8H18N2O2/c1-8(6-9-7-8)12-5-4-10(2)11-3/h9H,4-7H2,1-3H3. The Morgan fingerprint density at radius 2 is 2.17 bits per heavy atom. The number of ether oxygens (including phenoxy) is 1. The molecule has 1 aliphatic heterocycles. The predicted octanol–water partition coefficient (Wildman–Crippen LogP) is -0.142. The second kappa shape index (κ2) is 4.18. The molecule has 0 aliphatic carbocycles. The van der Waals surface area contributed by atoms with E-state index in [2.05, 4.69) is 12.2 Å². The molecular formula is C8H18N2O2. The van der Waals surface area contributed by atoms with Gasteiger partial charge in [-0.25, -0.2) is 0 Å². The van der Waals surface area contributed by atoms with E-state index in [9.17, 15) is 0 Å². The first-order chi connectivity index (χ1) is 5.66. The molecule has 1 saturated heterocycles. The molecule has 0 spiro atoms. The molecule has 72 valence electrons. The van der Waals surface area contributed by atoms with E-state index in [-0.39, 0.29) is 5.60 Å². The van der Waals surface area contributed by atoms with Gasteiger partial charge in [-0.2, -0.15) is 5.06 Å². The summed E-state index contributed by atoms with van der Waals surface area (Å²) >= 11 is 0. The van der Waals surface area contributed by atoms with E-state index in [1.54, 1.807) is 12.2 Å². The molecule has 0 aromatic rings. The minimum atomic E-state index is 0.0641. The van der Waals surface area contributed by atoms with Crippen molar-refractivity contribution in [2.45, 2.75) is 12.5 Å². The van der Waals surface area contributed by atoms with E-state index >= 15 is 0 Å². The van der Waals surface area contributed by atoms with Crippen LogP contribution in [-0.2, 0) is 9.57 Å². The Hall–Kier alpha value is -0.160. The smallest absolute Gasteiger partial charge is 0.0902 e. The third kappa shape index (κ3) is 2.71. The lowest BCUT2D eigenvalue weighted by molar-refractivity contribution is -0.140. The van der Waals surface area contributed by atoms with Gasteiger partial charge in [-0.05, 0) is 6.92 Å². The molecule has 1 aliphatic rings. The number of nitrogens with zero attached hydrogens (tertiary/aromatic N) is 1. The summed E-state index contributed by atoms with van der Waals surface area (Å²) in [5, 5.41) is 4.94. The fourth-order valence-electron chi connectivity index (χ4n) is 1.09. The Balaban J connectivity index is 2.01. The van der Waals surface area contributed by atoms with Gasteiger partial charge < -0.3 is 14.9 Å². The molecule has 0 radical (unpaired) electrons. The number of hydrogen-bond acceptors (Lipinski definition) is 4. The fraction of sp³-hybridized carbons (Fsp3) is 1.00. The zero-order chi connectivity index (χ0) is 9.03. The molecule has 0 aromatic heterocycles. The first-order valence-electron chi connectivity index (χ1n) is 4.26. The molecule has 0 atom stereocenters. The van der Waals surface area contributed by atoms with Crippen LogP contribution in [0.2, 0.25) is 0 Å². The maximum absolute atomic E-state index is 5.65. The van der Waals surface area contributed by atoms with Crippen LogP contribution in [0.3, 0.4) is 0 Å². The van der Waals surface area contributed by atoms with E-state index in [0.29, 0.717) is 0 Å². The van der Waals surface area contributed by atoms with Crippen molar-refractivity contribution in [2.24, 2.45) is 0 Å². The van der Waals surface area contributed by atoms with Crippen LogP contribution < -0.4 is 5.32 Å². The largest absolute Gasteiger partial charge is 0.371 e. The summed E-state index contributed by atoms with van der Waals surface area (Å²) in [4.78, 5) is 4.95. The minimum absolute atomic E-state index is 0.0641. The zero-order valence-corrected chi connectivity index (χ0v) is 8.09. The van der Waals surface area contributed by atoms with Crippen molar-refractivity contribution < 1.29 is 9.57 Å². The summed E-state index contributed by atoms with van der Waals surface area (Å²) in [5.74, 6) is 0. The molecule has 1 fully saturated rings. The average Bonchev–Trinajstić information content (AvgIpc) is 2.01. The summed E-state index contributed by atoms with van der Waals surface area (Å²) in [5.41, 5.74) is 0.0641. The van der Waals surface area contributed by atoms with Crippen LogP contribution >= 0.6 is 0 Å². The Morgan fingerprint density at radius 3 is 2.58 bits per heavy atom. The second-order valence-electron chi connectivity index (χ2n) is 3.44. The number of rotatable bonds is 5. The molecule has 1 heterocycles. The minimum Gasteiger partial charge on any atom is -0.371 e. The lowest BCUT2D eigenvalue weighted by atomic mass is 10.0. The second-order valence-corrected chi connectivity index (χ2v) is 3.44. The van der Waals surface area contributed by atoms with Crippen LogP contribution in [0.4, 0.5) is 0 Å². The normalized spacial score (nSPS) is 21.0. The monoisotopic (exact) mass is 174 g/mol. The van der Waals surface area contributed by atoms with Crippen LogP contribution in [0, 0.1) is 0 Å². The SMILES string of the molecule is CON(C)CCOC1(C)CNC1. The highest BCUT2D eigenvalue weighted by Gasteiger charge is 2.32. The van der Waals surface area contributed by atoms with E-state index in [1.165, 1.54) is 0 Å². The lowest BCUT2D eigenvalue weighted by Crippen LogP contribution is -2.59. The first kappa shape index (κ1) is 9.92. The van der Waals surface area contributed by atoms with Crippen molar-refractivity contribution in [3.8, 4) is 0 Å². The molecular weight excluding hydrogens is 156 g/mol. The highest BCUT2D eigenvalue weighted by molar-refractivity contribution is 4.89. The summed E-state index contributed by atoms with van der Waals surface area (Å²) in [7, 11) is 3.55. The van der Waals surface area contributed by atoms with Crippen molar-refractivity contribution in [1.82, 2.24) is 10.4 Å². The van der Waals surface area contributed by atoms with Gasteiger partial charge in [-0.1, -0.05) is 0 Å². The molecule has 0 bridgehead atoms. The molecule has 0 amide bonds. The third-order valence-electron chi connectivity index (χ3n) is 2.17. The van der Waals surface area contributed by atoms with Crippen molar-refractivity contribution in [2.75, 3.05) is 40.4 Å². The van der Waals surface area contributed by atoms with Crippen molar-refractivity contribution >= 4 is 0 Å². The van der Waals surface area contributed by atoms with Crippen molar-refractivity contribution in [1.29, 1.82) is 0 Å². The van der Waals surface area contributed by atoms with Crippen LogP contribution in [0.25, 0.3) is 0 Å². The molecule has 1 N–H and O–H groups in total. The van der Waals surface area contributed by atoms with Gasteiger partial charge in [0.1, 0.15) is 0 Å². The number of hydroxylamine groups is 2. The molecule has 1 rings (SSSR count).